The summed E-state index contributed by atoms with van der Waals surface area (Å²) in [4.78, 5) is 2.23. The van der Waals surface area contributed by atoms with Crippen LogP contribution in [0.25, 0.3) is 0 Å². The Morgan fingerprint density at radius 3 is 2.71 bits per heavy atom. The van der Waals surface area contributed by atoms with E-state index in [9.17, 15) is 0 Å². The fourth-order valence-electron chi connectivity index (χ4n) is 1.80. The van der Waals surface area contributed by atoms with Gasteiger partial charge in [0.25, 0.3) is 0 Å². The van der Waals surface area contributed by atoms with Crippen LogP contribution in [0.1, 0.15) is 18.2 Å². The van der Waals surface area contributed by atoms with E-state index in [0.29, 0.717) is 0 Å². The maximum absolute atomic E-state index is 5.94. The lowest BCUT2D eigenvalue weighted by Crippen LogP contribution is -2.21. The lowest BCUT2D eigenvalue weighted by molar-refractivity contribution is 0.503. The van der Waals surface area contributed by atoms with Crippen LogP contribution in [0.5, 0.6) is 0 Å². The van der Waals surface area contributed by atoms with Crippen LogP contribution < -0.4 is 10.6 Å². The van der Waals surface area contributed by atoms with E-state index in [1.54, 1.807) is 6.26 Å². The van der Waals surface area contributed by atoms with E-state index in [-0.39, 0.29) is 0 Å². The van der Waals surface area contributed by atoms with Crippen molar-refractivity contribution < 1.29 is 4.42 Å². The molecule has 17 heavy (non-hydrogen) atoms. The quantitative estimate of drug-likeness (QED) is 0.820. The second-order valence-corrected chi connectivity index (χ2v) is 4.13. The molecule has 0 aliphatic carbocycles. The van der Waals surface area contributed by atoms with E-state index in [0.717, 1.165) is 35.8 Å². The van der Waals surface area contributed by atoms with Gasteiger partial charge in [-0.3, -0.25) is 0 Å². The molecular weight excluding hydrogens is 212 g/mol. The lowest BCUT2D eigenvalue weighted by Gasteiger charge is -2.22. The standard InChI is InChI=1S/C14H18N2O/c1-3-16(10-13-5-4-8-17-13)12-7-6-11(2)14(15)9-12/h4-9H,3,10,15H2,1-2H3. The van der Waals surface area contributed by atoms with E-state index in [4.69, 9.17) is 10.2 Å². The van der Waals surface area contributed by atoms with E-state index < -0.39 is 0 Å². The van der Waals surface area contributed by atoms with Crippen LogP contribution in [0.15, 0.2) is 41.0 Å². The Bertz CT molecular complexity index is 477. The molecule has 0 amide bonds. The summed E-state index contributed by atoms with van der Waals surface area (Å²) < 4.78 is 5.37. The summed E-state index contributed by atoms with van der Waals surface area (Å²) in [5.41, 5.74) is 9.02. The van der Waals surface area contributed by atoms with Gasteiger partial charge in [-0.05, 0) is 43.7 Å². The number of benzene rings is 1. The first-order valence-corrected chi connectivity index (χ1v) is 5.84. The zero-order valence-corrected chi connectivity index (χ0v) is 10.3. The van der Waals surface area contributed by atoms with E-state index in [1.807, 2.05) is 25.1 Å². The number of nitrogens with two attached hydrogens (primary N) is 1. The number of nitrogen functional groups attached to an aromatic ring is 1. The van der Waals surface area contributed by atoms with Crippen molar-refractivity contribution in [3.63, 3.8) is 0 Å². The van der Waals surface area contributed by atoms with Crippen molar-refractivity contribution in [2.45, 2.75) is 20.4 Å². The van der Waals surface area contributed by atoms with Crippen molar-refractivity contribution in [1.29, 1.82) is 0 Å². The van der Waals surface area contributed by atoms with Gasteiger partial charge in [0.2, 0.25) is 0 Å². The first kappa shape index (κ1) is 11.6. The maximum atomic E-state index is 5.94. The normalized spacial score (nSPS) is 10.5. The maximum Gasteiger partial charge on any atom is 0.123 e. The molecule has 0 aliphatic heterocycles. The molecule has 2 aromatic rings. The summed E-state index contributed by atoms with van der Waals surface area (Å²) in [5.74, 6) is 0.964. The summed E-state index contributed by atoms with van der Waals surface area (Å²) in [6.07, 6.45) is 1.70. The van der Waals surface area contributed by atoms with Gasteiger partial charge in [0, 0.05) is 17.9 Å². The average molecular weight is 230 g/mol. The minimum Gasteiger partial charge on any atom is -0.467 e. The number of furan rings is 1. The molecule has 0 radical (unpaired) electrons. The molecule has 3 heteroatoms. The molecule has 0 atom stereocenters. The summed E-state index contributed by atoms with van der Waals surface area (Å²) in [5, 5.41) is 0. The van der Waals surface area contributed by atoms with Gasteiger partial charge in [0.15, 0.2) is 0 Å². The van der Waals surface area contributed by atoms with Crippen molar-refractivity contribution in [2.75, 3.05) is 17.2 Å². The van der Waals surface area contributed by atoms with Crippen molar-refractivity contribution in [3.8, 4) is 0 Å². The van der Waals surface area contributed by atoms with Crippen molar-refractivity contribution in [1.82, 2.24) is 0 Å². The Morgan fingerprint density at radius 2 is 2.12 bits per heavy atom. The second-order valence-electron chi connectivity index (χ2n) is 4.13. The predicted molar refractivity (Wildman–Crippen MR) is 71.0 cm³/mol. The molecule has 90 valence electrons. The number of anilines is 2. The van der Waals surface area contributed by atoms with Crippen LogP contribution in [-0.4, -0.2) is 6.54 Å². The van der Waals surface area contributed by atoms with Gasteiger partial charge in [-0.25, -0.2) is 0 Å². The largest absolute Gasteiger partial charge is 0.467 e. The monoisotopic (exact) mass is 230 g/mol. The molecule has 0 spiro atoms. The van der Waals surface area contributed by atoms with Gasteiger partial charge in [-0.2, -0.15) is 0 Å². The van der Waals surface area contributed by atoms with Gasteiger partial charge < -0.3 is 15.1 Å². The molecule has 0 fully saturated rings. The van der Waals surface area contributed by atoms with Crippen LogP contribution in [0.3, 0.4) is 0 Å². The van der Waals surface area contributed by atoms with Crippen LogP contribution in [0.2, 0.25) is 0 Å². The van der Waals surface area contributed by atoms with Crippen molar-refractivity contribution in [3.05, 3.63) is 47.9 Å². The third kappa shape index (κ3) is 2.61. The van der Waals surface area contributed by atoms with Crippen LogP contribution in [0.4, 0.5) is 11.4 Å². The third-order valence-electron chi connectivity index (χ3n) is 2.94. The highest BCUT2D eigenvalue weighted by molar-refractivity contribution is 5.59. The molecule has 0 saturated heterocycles. The molecule has 0 unspecified atom stereocenters. The zero-order valence-electron chi connectivity index (χ0n) is 10.3. The minimum atomic E-state index is 0.770. The number of hydrogen-bond acceptors (Lipinski definition) is 3. The van der Waals surface area contributed by atoms with E-state index in [2.05, 4.69) is 24.0 Å². The van der Waals surface area contributed by atoms with Crippen LogP contribution in [0, 0.1) is 6.92 Å². The Kier molecular flexibility index (Phi) is 3.38. The second kappa shape index (κ2) is 4.95. The fourth-order valence-corrected chi connectivity index (χ4v) is 1.80. The molecule has 1 aromatic heterocycles. The van der Waals surface area contributed by atoms with Crippen LogP contribution >= 0.6 is 0 Å². The van der Waals surface area contributed by atoms with Crippen molar-refractivity contribution in [2.24, 2.45) is 0 Å². The summed E-state index contributed by atoms with van der Waals surface area (Å²) in [6.45, 7) is 5.83. The summed E-state index contributed by atoms with van der Waals surface area (Å²) in [6, 6.07) is 10.1. The molecule has 0 bridgehead atoms. The first-order chi connectivity index (χ1) is 8.20. The van der Waals surface area contributed by atoms with Gasteiger partial charge >= 0.3 is 0 Å². The number of nitrogens with zero attached hydrogens (tertiary/aromatic N) is 1. The lowest BCUT2D eigenvalue weighted by atomic mass is 10.1. The van der Waals surface area contributed by atoms with Gasteiger partial charge in [-0.1, -0.05) is 6.07 Å². The zero-order chi connectivity index (χ0) is 12.3. The molecule has 2 N–H and O–H groups in total. The fraction of sp³-hybridized carbons (Fsp3) is 0.286. The Balaban J connectivity index is 2.20. The average Bonchev–Trinajstić information content (AvgIpc) is 2.82. The SMILES string of the molecule is CCN(Cc1ccco1)c1ccc(C)c(N)c1. The highest BCUT2D eigenvalue weighted by atomic mass is 16.3. The highest BCUT2D eigenvalue weighted by Crippen LogP contribution is 2.22. The Morgan fingerprint density at radius 1 is 1.29 bits per heavy atom. The van der Waals surface area contributed by atoms with Crippen LogP contribution in [-0.2, 0) is 6.54 Å². The van der Waals surface area contributed by atoms with Gasteiger partial charge in [-0.15, -0.1) is 0 Å². The third-order valence-corrected chi connectivity index (χ3v) is 2.94. The van der Waals surface area contributed by atoms with E-state index in [1.165, 1.54) is 0 Å². The van der Waals surface area contributed by atoms with Gasteiger partial charge in [0.1, 0.15) is 5.76 Å². The molecule has 0 saturated carbocycles. The predicted octanol–water partition coefficient (Wildman–Crippen LogP) is 3.20. The summed E-state index contributed by atoms with van der Waals surface area (Å²) in [7, 11) is 0. The molecule has 1 heterocycles. The molecule has 1 aromatic carbocycles. The Labute approximate surface area is 102 Å². The number of hydrogen-bond donors (Lipinski definition) is 1. The Hall–Kier alpha value is -1.90. The minimum absolute atomic E-state index is 0.770. The summed E-state index contributed by atoms with van der Waals surface area (Å²) >= 11 is 0. The molecule has 2 rings (SSSR count). The van der Waals surface area contributed by atoms with Crippen molar-refractivity contribution >= 4 is 11.4 Å². The molecule has 3 nitrogen and oxygen atoms in total. The van der Waals surface area contributed by atoms with Gasteiger partial charge in [0.05, 0.1) is 12.8 Å². The first-order valence-electron chi connectivity index (χ1n) is 5.84. The number of rotatable bonds is 4. The highest BCUT2D eigenvalue weighted by Gasteiger charge is 2.08. The smallest absolute Gasteiger partial charge is 0.123 e. The topological polar surface area (TPSA) is 42.4 Å². The van der Waals surface area contributed by atoms with E-state index >= 15 is 0 Å². The number of aryl methyl sites for hydroxylation is 1. The molecular formula is C14H18N2O. The molecule has 0 aliphatic rings.